The van der Waals surface area contributed by atoms with E-state index in [1.807, 2.05) is 6.07 Å². The van der Waals surface area contributed by atoms with Gasteiger partial charge in [0.05, 0.1) is 0 Å². The Bertz CT molecular complexity index is 368. The second-order valence-electron chi connectivity index (χ2n) is 5.02. The molecule has 19 heavy (non-hydrogen) atoms. The van der Waals surface area contributed by atoms with E-state index >= 15 is 0 Å². The van der Waals surface area contributed by atoms with Gasteiger partial charge in [-0.3, -0.25) is 0 Å². The zero-order valence-corrected chi connectivity index (χ0v) is 14.9. The van der Waals surface area contributed by atoms with Crippen molar-refractivity contribution in [3.63, 3.8) is 0 Å². The largest absolute Gasteiger partial charge is 0.310 e. The fourth-order valence-corrected chi connectivity index (χ4v) is 3.13. The molecule has 1 N–H and O–H groups in total. The lowest BCUT2D eigenvalue weighted by molar-refractivity contribution is 0.469. The van der Waals surface area contributed by atoms with Crippen molar-refractivity contribution in [3.05, 3.63) is 32.4 Å². The van der Waals surface area contributed by atoms with Crippen LogP contribution in [0.25, 0.3) is 0 Å². The third-order valence-corrected chi connectivity index (χ3v) is 4.54. The molecule has 0 radical (unpaired) electrons. The summed E-state index contributed by atoms with van der Waals surface area (Å²) in [4.78, 5) is 0. The molecule has 0 aliphatic heterocycles. The van der Waals surface area contributed by atoms with Crippen LogP contribution in [0.5, 0.6) is 0 Å². The van der Waals surface area contributed by atoms with Gasteiger partial charge >= 0.3 is 0 Å². The van der Waals surface area contributed by atoms with E-state index in [0.29, 0.717) is 6.04 Å². The first-order chi connectivity index (χ1) is 9.19. The lowest BCUT2D eigenvalue weighted by Crippen LogP contribution is -2.23. The zero-order chi connectivity index (χ0) is 14.1. The van der Waals surface area contributed by atoms with Gasteiger partial charge in [-0.05, 0) is 65.7 Å². The van der Waals surface area contributed by atoms with Crippen LogP contribution in [0, 0.1) is 3.57 Å². The third-order valence-electron chi connectivity index (χ3n) is 3.32. The van der Waals surface area contributed by atoms with Crippen LogP contribution in [0.1, 0.15) is 64.0 Å². The number of unbranched alkanes of at least 4 members (excludes halogenated alkanes) is 3. The van der Waals surface area contributed by atoms with Crippen LogP contribution in [0.3, 0.4) is 0 Å². The smallest absolute Gasteiger partial charge is 0.0410 e. The average molecular weight is 394 g/mol. The highest BCUT2D eigenvalue weighted by molar-refractivity contribution is 14.1. The van der Waals surface area contributed by atoms with E-state index in [4.69, 9.17) is 11.6 Å². The summed E-state index contributed by atoms with van der Waals surface area (Å²) >= 11 is 8.56. The van der Waals surface area contributed by atoms with Crippen molar-refractivity contribution in [3.8, 4) is 0 Å². The molecule has 0 fully saturated rings. The number of hydrogen-bond acceptors (Lipinski definition) is 1. The molecule has 1 rings (SSSR count). The van der Waals surface area contributed by atoms with Crippen molar-refractivity contribution in [2.45, 2.75) is 58.4 Å². The minimum atomic E-state index is 0.447. The normalized spacial score (nSPS) is 12.6. The maximum atomic E-state index is 6.15. The summed E-state index contributed by atoms with van der Waals surface area (Å²) in [6, 6.07) is 6.66. The predicted octanol–water partition coefficient (Wildman–Crippen LogP) is 5.96. The molecule has 3 heteroatoms. The van der Waals surface area contributed by atoms with Crippen LogP contribution in [-0.2, 0) is 0 Å². The maximum absolute atomic E-state index is 6.15. The second-order valence-corrected chi connectivity index (χ2v) is 6.62. The molecule has 0 aliphatic rings. The van der Waals surface area contributed by atoms with E-state index in [1.165, 1.54) is 47.7 Å². The van der Waals surface area contributed by atoms with E-state index < -0.39 is 0 Å². The van der Waals surface area contributed by atoms with Crippen LogP contribution in [-0.4, -0.2) is 6.54 Å². The van der Waals surface area contributed by atoms with E-state index in [0.717, 1.165) is 11.6 Å². The summed E-state index contributed by atoms with van der Waals surface area (Å²) in [5, 5.41) is 4.51. The monoisotopic (exact) mass is 393 g/mol. The van der Waals surface area contributed by atoms with Crippen LogP contribution in [0.2, 0.25) is 5.02 Å². The van der Waals surface area contributed by atoms with Gasteiger partial charge in [0.1, 0.15) is 0 Å². The Labute approximate surface area is 136 Å². The van der Waals surface area contributed by atoms with Gasteiger partial charge in [-0.1, -0.05) is 51.1 Å². The van der Waals surface area contributed by atoms with Crippen molar-refractivity contribution >= 4 is 34.2 Å². The quantitative estimate of drug-likeness (QED) is 0.403. The minimum Gasteiger partial charge on any atom is -0.310 e. The first-order valence-electron chi connectivity index (χ1n) is 7.37. The Morgan fingerprint density at radius 1 is 1.16 bits per heavy atom. The molecular weight excluding hydrogens is 369 g/mol. The van der Waals surface area contributed by atoms with Gasteiger partial charge in [-0.2, -0.15) is 0 Å². The number of hydrogen-bond donors (Lipinski definition) is 1. The molecule has 1 aromatic carbocycles. The summed E-state index contributed by atoms with van der Waals surface area (Å²) in [7, 11) is 0. The Hall–Kier alpha value is 0.200. The zero-order valence-electron chi connectivity index (χ0n) is 12.0. The number of rotatable bonds is 9. The standard InChI is InChI=1S/C16H25ClIN/c1-3-5-6-7-8-16(19-11-4-2)14-12-13(17)9-10-15(14)18/h9-10,12,16,19H,3-8,11H2,1-2H3. The second kappa shape index (κ2) is 10.0. The van der Waals surface area contributed by atoms with Crippen molar-refractivity contribution < 1.29 is 0 Å². The third kappa shape index (κ3) is 6.46. The Morgan fingerprint density at radius 2 is 1.95 bits per heavy atom. The summed E-state index contributed by atoms with van der Waals surface area (Å²) in [5.74, 6) is 0. The average Bonchev–Trinajstić information content (AvgIpc) is 2.41. The van der Waals surface area contributed by atoms with Gasteiger partial charge in [-0.25, -0.2) is 0 Å². The maximum Gasteiger partial charge on any atom is 0.0410 e. The molecular formula is C16H25ClIN. The number of nitrogens with one attached hydrogen (secondary N) is 1. The molecule has 1 nitrogen and oxygen atoms in total. The van der Waals surface area contributed by atoms with Gasteiger partial charge in [0.2, 0.25) is 0 Å². The molecule has 0 saturated heterocycles. The lowest BCUT2D eigenvalue weighted by atomic mass is 10.00. The lowest BCUT2D eigenvalue weighted by Gasteiger charge is -2.20. The van der Waals surface area contributed by atoms with Gasteiger partial charge in [-0.15, -0.1) is 0 Å². The van der Waals surface area contributed by atoms with Gasteiger partial charge in [0, 0.05) is 14.6 Å². The van der Waals surface area contributed by atoms with Crippen LogP contribution in [0.15, 0.2) is 18.2 Å². The Kier molecular flexibility index (Phi) is 9.08. The fourth-order valence-electron chi connectivity index (χ4n) is 2.24. The first kappa shape index (κ1) is 17.3. The molecule has 0 saturated carbocycles. The van der Waals surface area contributed by atoms with Gasteiger partial charge in [0.15, 0.2) is 0 Å². The van der Waals surface area contributed by atoms with Crippen molar-refractivity contribution in [2.24, 2.45) is 0 Å². The topological polar surface area (TPSA) is 12.0 Å². The van der Waals surface area contributed by atoms with Crippen LogP contribution < -0.4 is 5.32 Å². The summed E-state index contributed by atoms with van der Waals surface area (Å²) < 4.78 is 1.31. The van der Waals surface area contributed by atoms with E-state index in [-0.39, 0.29) is 0 Å². The molecule has 1 atom stereocenters. The molecule has 0 aliphatic carbocycles. The highest BCUT2D eigenvalue weighted by Gasteiger charge is 2.13. The molecule has 0 heterocycles. The van der Waals surface area contributed by atoms with Crippen LogP contribution >= 0.6 is 34.2 Å². The van der Waals surface area contributed by atoms with E-state index in [1.54, 1.807) is 0 Å². The fraction of sp³-hybridized carbons (Fsp3) is 0.625. The van der Waals surface area contributed by atoms with Crippen LogP contribution in [0.4, 0.5) is 0 Å². The van der Waals surface area contributed by atoms with Crippen molar-refractivity contribution in [1.82, 2.24) is 5.32 Å². The highest BCUT2D eigenvalue weighted by atomic mass is 127. The molecule has 1 unspecified atom stereocenters. The number of halogens is 2. The van der Waals surface area contributed by atoms with E-state index in [9.17, 15) is 0 Å². The minimum absolute atomic E-state index is 0.447. The molecule has 1 aromatic rings. The Morgan fingerprint density at radius 3 is 2.63 bits per heavy atom. The summed E-state index contributed by atoms with van der Waals surface area (Å²) in [6.07, 6.45) is 7.63. The molecule has 0 bridgehead atoms. The molecule has 0 aromatic heterocycles. The molecule has 0 spiro atoms. The van der Waals surface area contributed by atoms with E-state index in [2.05, 4.69) is 53.9 Å². The summed E-state index contributed by atoms with van der Waals surface area (Å²) in [5.41, 5.74) is 1.36. The summed E-state index contributed by atoms with van der Waals surface area (Å²) in [6.45, 7) is 5.54. The van der Waals surface area contributed by atoms with Gasteiger partial charge in [0.25, 0.3) is 0 Å². The van der Waals surface area contributed by atoms with Gasteiger partial charge < -0.3 is 5.32 Å². The Balaban J connectivity index is 2.68. The van der Waals surface area contributed by atoms with Crippen molar-refractivity contribution in [1.29, 1.82) is 0 Å². The number of benzene rings is 1. The molecule has 0 amide bonds. The SMILES string of the molecule is CCCCCCC(NCCC)c1cc(Cl)ccc1I. The molecule has 108 valence electrons. The van der Waals surface area contributed by atoms with Crippen molar-refractivity contribution in [2.75, 3.05) is 6.54 Å². The highest BCUT2D eigenvalue weighted by Crippen LogP contribution is 2.27. The predicted molar refractivity (Wildman–Crippen MR) is 94.0 cm³/mol. The first-order valence-corrected chi connectivity index (χ1v) is 8.83.